The molecule has 0 unspecified atom stereocenters. The second-order valence-electron chi connectivity index (χ2n) is 3.50. The summed E-state index contributed by atoms with van der Waals surface area (Å²) in [5.41, 5.74) is 0. The molecule has 0 fully saturated rings. The van der Waals surface area contributed by atoms with Gasteiger partial charge in [0.15, 0.2) is 0 Å². The van der Waals surface area contributed by atoms with E-state index in [4.69, 9.17) is 14.6 Å². The van der Waals surface area contributed by atoms with E-state index in [0.717, 1.165) is 11.8 Å². The molecule has 1 N–H and O–H groups in total. The highest BCUT2D eigenvalue weighted by Gasteiger charge is 2.17. The lowest BCUT2D eigenvalue weighted by molar-refractivity contribution is -0.148. The Hall–Kier alpha value is -1.28. The Kier molecular flexibility index (Phi) is 9.91. The minimum Gasteiger partial charge on any atom is -0.481 e. The molecule has 0 aliphatic carbocycles. The fourth-order valence-corrected chi connectivity index (χ4v) is 1.81. The molecule has 0 spiro atoms. The SMILES string of the molecule is CCOC(=O)CN(CCOC)C(=O)CSCC(=O)O. The molecule has 0 rings (SSSR count). The van der Waals surface area contributed by atoms with E-state index in [1.54, 1.807) is 6.92 Å². The molecular formula is C11H19NO6S. The van der Waals surface area contributed by atoms with E-state index in [-0.39, 0.29) is 37.1 Å². The van der Waals surface area contributed by atoms with Crippen molar-refractivity contribution >= 4 is 29.6 Å². The van der Waals surface area contributed by atoms with E-state index < -0.39 is 11.9 Å². The summed E-state index contributed by atoms with van der Waals surface area (Å²) in [7, 11) is 1.49. The van der Waals surface area contributed by atoms with Crippen LogP contribution < -0.4 is 0 Å². The highest BCUT2D eigenvalue weighted by Crippen LogP contribution is 2.03. The van der Waals surface area contributed by atoms with Crippen molar-refractivity contribution in [2.45, 2.75) is 6.92 Å². The van der Waals surface area contributed by atoms with Crippen LogP contribution in [0.25, 0.3) is 0 Å². The Labute approximate surface area is 116 Å². The summed E-state index contributed by atoms with van der Waals surface area (Å²) in [6.45, 7) is 2.35. The third-order valence-corrected chi connectivity index (χ3v) is 2.90. The molecule has 0 aromatic carbocycles. The van der Waals surface area contributed by atoms with E-state index in [1.165, 1.54) is 12.0 Å². The zero-order valence-corrected chi connectivity index (χ0v) is 11.9. The zero-order valence-electron chi connectivity index (χ0n) is 11.1. The predicted octanol–water partition coefficient (Wildman–Crippen LogP) is -0.158. The number of ether oxygens (including phenoxy) is 2. The number of carbonyl (C=O) groups is 3. The van der Waals surface area contributed by atoms with E-state index in [2.05, 4.69) is 0 Å². The number of aliphatic carboxylic acids is 1. The summed E-state index contributed by atoms with van der Waals surface area (Å²) in [4.78, 5) is 34.8. The number of thioether (sulfide) groups is 1. The molecule has 0 aliphatic heterocycles. The summed E-state index contributed by atoms with van der Waals surface area (Å²) in [5.74, 6) is -1.92. The minimum atomic E-state index is -0.980. The fourth-order valence-electron chi connectivity index (χ4n) is 1.17. The van der Waals surface area contributed by atoms with Crippen LogP contribution in [0.5, 0.6) is 0 Å². The third kappa shape index (κ3) is 9.32. The van der Waals surface area contributed by atoms with Gasteiger partial charge in [0.25, 0.3) is 0 Å². The minimum absolute atomic E-state index is 0.00934. The number of carboxylic acid groups (broad SMARTS) is 1. The molecule has 0 aromatic rings. The van der Waals surface area contributed by atoms with Crippen molar-refractivity contribution < 1.29 is 29.0 Å². The van der Waals surface area contributed by atoms with Gasteiger partial charge in [0.05, 0.1) is 24.7 Å². The van der Waals surface area contributed by atoms with Gasteiger partial charge in [-0.2, -0.15) is 0 Å². The van der Waals surface area contributed by atoms with Crippen molar-refractivity contribution in [3.05, 3.63) is 0 Å². The normalized spacial score (nSPS) is 10.0. The van der Waals surface area contributed by atoms with Gasteiger partial charge in [0.2, 0.25) is 5.91 Å². The molecule has 0 aromatic heterocycles. The standard InChI is InChI=1S/C11H19NO6S/c1-3-18-11(16)6-12(4-5-17-2)9(13)7-19-8-10(14)15/h3-8H2,1-2H3,(H,14,15). The molecule has 1 amide bonds. The van der Waals surface area contributed by atoms with Crippen LogP contribution in [0, 0.1) is 0 Å². The molecule has 7 nitrogen and oxygen atoms in total. The third-order valence-electron chi connectivity index (χ3n) is 1.99. The molecule has 110 valence electrons. The van der Waals surface area contributed by atoms with Crippen LogP contribution >= 0.6 is 11.8 Å². The first-order valence-electron chi connectivity index (χ1n) is 5.73. The topological polar surface area (TPSA) is 93.1 Å². The van der Waals surface area contributed by atoms with Gasteiger partial charge in [-0.15, -0.1) is 11.8 Å². The number of esters is 1. The number of nitrogens with zero attached hydrogens (tertiary/aromatic N) is 1. The van der Waals surface area contributed by atoms with E-state index in [1.807, 2.05) is 0 Å². The Morgan fingerprint density at radius 2 is 1.95 bits per heavy atom. The molecule has 0 atom stereocenters. The van der Waals surface area contributed by atoms with Crippen molar-refractivity contribution in [3.63, 3.8) is 0 Å². The van der Waals surface area contributed by atoms with Gasteiger partial charge in [0.1, 0.15) is 6.54 Å². The molecule has 0 radical (unpaired) electrons. The van der Waals surface area contributed by atoms with Crippen molar-refractivity contribution in [3.8, 4) is 0 Å². The average Bonchev–Trinajstić information content (AvgIpc) is 2.34. The second-order valence-corrected chi connectivity index (χ2v) is 4.49. The van der Waals surface area contributed by atoms with Gasteiger partial charge in [-0.25, -0.2) is 0 Å². The Balaban J connectivity index is 4.25. The molecular weight excluding hydrogens is 274 g/mol. The summed E-state index contributed by atoms with van der Waals surface area (Å²) < 4.78 is 9.63. The van der Waals surface area contributed by atoms with Crippen LogP contribution in [-0.2, 0) is 23.9 Å². The highest BCUT2D eigenvalue weighted by atomic mass is 32.2. The Morgan fingerprint density at radius 1 is 1.26 bits per heavy atom. The molecule has 0 bridgehead atoms. The maximum atomic E-state index is 11.8. The highest BCUT2D eigenvalue weighted by molar-refractivity contribution is 8.00. The summed E-state index contributed by atoms with van der Waals surface area (Å²) >= 11 is 0.988. The first-order valence-corrected chi connectivity index (χ1v) is 6.88. The summed E-state index contributed by atoms with van der Waals surface area (Å²) in [5, 5.41) is 8.48. The molecule has 8 heteroatoms. The predicted molar refractivity (Wildman–Crippen MR) is 70.0 cm³/mol. The number of hydrogen-bond donors (Lipinski definition) is 1. The number of rotatable bonds is 10. The maximum Gasteiger partial charge on any atom is 0.325 e. The number of methoxy groups -OCH3 is 1. The lowest BCUT2D eigenvalue weighted by Gasteiger charge is -2.21. The van der Waals surface area contributed by atoms with Crippen LogP contribution in [0.4, 0.5) is 0 Å². The van der Waals surface area contributed by atoms with Gasteiger partial charge < -0.3 is 19.5 Å². The van der Waals surface area contributed by atoms with Gasteiger partial charge >= 0.3 is 11.9 Å². The van der Waals surface area contributed by atoms with Crippen LogP contribution in [0.1, 0.15) is 6.92 Å². The molecule has 0 saturated carbocycles. The first kappa shape index (κ1) is 17.7. The van der Waals surface area contributed by atoms with Crippen molar-refractivity contribution in [1.29, 1.82) is 0 Å². The Morgan fingerprint density at radius 3 is 2.47 bits per heavy atom. The van der Waals surface area contributed by atoms with Crippen LogP contribution in [0.15, 0.2) is 0 Å². The zero-order chi connectivity index (χ0) is 14.7. The average molecular weight is 293 g/mol. The van der Waals surface area contributed by atoms with E-state index in [0.29, 0.717) is 6.61 Å². The quantitative estimate of drug-likeness (QED) is 0.559. The molecule has 19 heavy (non-hydrogen) atoms. The number of amides is 1. The Bertz CT molecular complexity index is 310. The fraction of sp³-hybridized carbons (Fsp3) is 0.727. The largest absolute Gasteiger partial charge is 0.481 e. The van der Waals surface area contributed by atoms with Crippen LogP contribution in [0.3, 0.4) is 0 Å². The monoisotopic (exact) mass is 293 g/mol. The van der Waals surface area contributed by atoms with Crippen molar-refractivity contribution in [2.75, 3.05) is 44.9 Å². The lowest BCUT2D eigenvalue weighted by Crippen LogP contribution is -2.39. The van der Waals surface area contributed by atoms with Gasteiger partial charge in [0, 0.05) is 13.7 Å². The number of hydrogen-bond acceptors (Lipinski definition) is 6. The lowest BCUT2D eigenvalue weighted by atomic mass is 10.4. The maximum absolute atomic E-state index is 11.8. The van der Waals surface area contributed by atoms with E-state index >= 15 is 0 Å². The van der Waals surface area contributed by atoms with E-state index in [9.17, 15) is 14.4 Å². The number of carboxylic acids is 1. The van der Waals surface area contributed by atoms with Crippen LogP contribution in [0.2, 0.25) is 0 Å². The van der Waals surface area contributed by atoms with Crippen LogP contribution in [-0.4, -0.2) is 72.8 Å². The number of carbonyl (C=O) groups excluding carboxylic acids is 2. The first-order chi connectivity index (χ1) is 9.01. The summed E-state index contributed by atoms with van der Waals surface area (Å²) in [6, 6.07) is 0. The van der Waals surface area contributed by atoms with Crippen molar-refractivity contribution in [1.82, 2.24) is 4.90 Å². The molecule has 0 aliphatic rings. The summed E-state index contributed by atoms with van der Waals surface area (Å²) in [6.07, 6.45) is 0. The van der Waals surface area contributed by atoms with Gasteiger partial charge in [-0.3, -0.25) is 14.4 Å². The molecule has 0 saturated heterocycles. The molecule has 0 heterocycles. The smallest absolute Gasteiger partial charge is 0.325 e. The van der Waals surface area contributed by atoms with Gasteiger partial charge in [-0.05, 0) is 6.92 Å². The van der Waals surface area contributed by atoms with Crippen molar-refractivity contribution in [2.24, 2.45) is 0 Å². The second kappa shape index (κ2) is 10.6. The van der Waals surface area contributed by atoms with Gasteiger partial charge in [-0.1, -0.05) is 0 Å².